The lowest BCUT2D eigenvalue weighted by Crippen LogP contribution is -2.45. The van der Waals surface area contributed by atoms with E-state index in [0.29, 0.717) is 6.54 Å². The average molecular weight is 342 g/mol. The van der Waals surface area contributed by atoms with Crippen LogP contribution in [0.3, 0.4) is 0 Å². The van der Waals surface area contributed by atoms with Gasteiger partial charge in [-0.3, -0.25) is 4.79 Å². The molecule has 0 saturated carbocycles. The molecule has 0 unspecified atom stereocenters. The average Bonchev–Trinajstić information content (AvgIpc) is 2.62. The molecule has 24 heavy (non-hydrogen) atoms. The number of rotatable bonds is 3. The minimum absolute atomic E-state index is 0.129. The van der Waals surface area contributed by atoms with E-state index in [1.54, 1.807) is 10.4 Å². The molecule has 2 heterocycles. The molecule has 6 heteroatoms. The molecule has 2 N–H and O–H groups in total. The van der Waals surface area contributed by atoms with Crippen molar-refractivity contribution < 1.29 is 13.2 Å². The van der Waals surface area contributed by atoms with Crippen LogP contribution in [0.15, 0.2) is 53.4 Å². The highest BCUT2D eigenvalue weighted by atomic mass is 32.2. The van der Waals surface area contributed by atoms with E-state index >= 15 is 0 Å². The highest BCUT2D eigenvalue weighted by Crippen LogP contribution is 2.48. The van der Waals surface area contributed by atoms with Gasteiger partial charge in [-0.05, 0) is 48.1 Å². The largest absolute Gasteiger partial charge is 0.366 e. The number of carbonyl (C=O) groups is 1. The number of primary amides is 1. The van der Waals surface area contributed by atoms with Gasteiger partial charge in [0, 0.05) is 12.1 Å². The number of hydrogen-bond donors (Lipinski definition) is 1. The van der Waals surface area contributed by atoms with Crippen molar-refractivity contribution >= 4 is 15.9 Å². The number of nitrogens with zero attached hydrogens (tertiary/aromatic N) is 1. The molecule has 1 fully saturated rings. The zero-order valence-corrected chi connectivity index (χ0v) is 13.9. The van der Waals surface area contributed by atoms with Gasteiger partial charge in [0.05, 0.1) is 10.9 Å². The van der Waals surface area contributed by atoms with Crippen molar-refractivity contribution in [3.05, 3.63) is 65.2 Å². The van der Waals surface area contributed by atoms with Gasteiger partial charge in [-0.25, -0.2) is 8.42 Å². The Kier molecular flexibility index (Phi) is 3.47. The molecule has 2 bridgehead atoms. The molecule has 124 valence electrons. The number of fused-ring (bicyclic) bond motifs is 2. The van der Waals surface area contributed by atoms with E-state index in [1.807, 2.05) is 18.2 Å². The first-order chi connectivity index (χ1) is 11.5. The number of carbonyl (C=O) groups excluding carboxylic acids is 1. The van der Waals surface area contributed by atoms with Crippen molar-refractivity contribution in [1.82, 2.24) is 4.31 Å². The molecule has 2 aromatic rings. The zero-order valence-electron chi connectivity index (χ0n) is 13.1. The van der Waals surface area contributed by atoms with Crippen LogP contribution in [0.4, 0.5) is 0 Å². The fourth-order valence-electron chi connectivity index (χ4n) is 3.90. The Bertz CT molecular complexity index is 923. The normalized spacial score (nSPS) is 23.0. The van der Waals surface area contributed by atoms with Crippen LogP contribution >= 0.6 is 0 Å². The Morgan fingerprint density at radius 1 is 1.04 bits per heavy atom. The molecule has 0 aromatic heterocycles. The summed E-state index contributed by atoms with van der Waals surface area (Å²) in [5.74, 6) is -0.391. The maximum atomic E-state index is 13.1. The lowest BCUT2D eigenvalue weighted by molar-refractivity contribution is 0.1000. The van der Waals surface area contributed by atoms with Gasteiger partial charge in [-0.1, -0.05) is 30.3 Å². The fraction of sp³-hybridized carbons (Fsp3) is 0.278. The summed E-state index contributed by atoms with van der Waals surface area (Å²) in [6.45, 7) is 0.491. The zero-order chi connectivity index (χ0) is 16.9. The summed E-state index contributed by atoms with van der Waals surface area (Å²) in [6.07, 6.45) is 1.84. The van der Waals surface area contributed by atoms with Gasteiger partial charge in [-0.2, -0.15) is 4.31 Å². The van der Waals surface area contributed by atoms with Crippen molar-refractivity contribution in [3.63, 3.8) is 0 Å². The second-order valence-corrected chi connectivity index (χ2v) is 8.28. The second-order valence-electron chi connectivity index (χ2n) is 6.39. The molecule has 2 atom stereocenters. The summed E-state index contributed by atoms with van der Waals surface area (Å²) in [6, 6.07) is 13.9. The predicted molar refractivity (Wildman–Crippen MR) is 90.0 cm³/mol. The maximum absolute atomic E-state index is 13.1. The molecule has 1 amide bonds. The third-order valence-corrected chi connectivity index (χ3v) is 6.93. The number of amides is 1. The van der Waals surface area contributed by atoms with Gasteiger partial charge in [0.25, 0.3) is 0 Å². The SMILES string of the molecule is NC(=O)c1cccc(S(=O)(=O)N2C[C@H]3CC[C@H]2c2ccccc23)c1. The lowest BCUT2D eigenvalue weighted by atomic mass is 9.76. The van der Waals surface area contributed by atoms with Crippen LogP contribution in [0.5, 0.6) is 0 Å². The first-order valence-electron chi connectivity index (χ1n) is 7.99. The van der Waals surface area contributed by atoms with Crippen LogP contribution < -0.4 is 5.73 Å². The molecular weight excluding hydrogens is 324 g/mol. The topological polar surface area (TPSA) is 80.5 Å². The molecule has 2 aliphatic heterocycles. The predicted octanol–water partition coefficient (Wildman–Crippen LogP) is 2.41. The van der Waals surface area contributed by atoms with E-state index in [9.17, 15) is 13.2 Å². The van der Waals surface area contributed by atoms with E-state index in [-0.39, 0.29) is 22.4 Å². The molecule has 3 aliphatic rings. The summed E-state index contributed by atoms with van der Waals surface area (Å²) < 4.78 is 27.9. The third-order valence-electron chi connectivity index (χ3n) is 5.06. The van der Waals surface area contributed by atoms with Crippen LogP contribution in [0.1, 0.15) is 46.3 Å². The van der Waals surface area contributed by atoms with Crippen molar-refractivity contribution in [2.75, 3.05) is 6.54 Å². The second kappa shape index (κ2) is 5.43. The van der Waals surface area contributed by atoms with Crippen molar-refractivity contribution in [2.24, 2.45) is 5.73 Å². The third kappa shape index (κ3) is 2.25. The number of sulfonamides is 1. The summed E-state index contributed by atoms with van der Waals surface area (Å²) in [5, 5.41) is 0. The van der Waals surface area contributed by atoms with Crippen molar-refractivity contribution in [2.45, 2.75) is 29.7 Å². The standard InChI is InChI=1S/C18H18N2O3S/c19-18(21)12-4-3-5-14(10-12)24(22,23)20-11-13-8-9-17(20)16-7-2-1-6-15(13)16/h1-7,10,13,17H,8-9,11H2,(H2,19,21)/t13-,17+/m1/s1. The minimum atomic E-state index is -3.67. The van der Waals surface area contributed by atoms with Gasteiger partial charge < -0.3 is 5.73 Å². The van der Waals surface area contributed by atoms with Crippen LogP contribution in [0, 0.1) is 0 Å². The van der Waals surface area contributed by atoms with Gasteiger partial charge >= 0.3 is 0 Å². The molecule has 2 aromatic carbocycles. The van der Waals surface area contributed by atoms with Gasteiger partial charge in [0.15, 0.2) is 0 Å². The smallest absolute Gasteiger partial charge is 0.248 e. The summed E-state index contributed by atoms with van der Waals surface area (Å²) in [5.41, 5.74) is 7.86. The first-order valence-corrected chi connectivity index (χ1v) is 9.43. The van der Waals surface area contributed by atoms with Crippen LogP contribution in [-0.2, 0) is 10.0 Å². The Labute approximate surface area is 141 Å². The van der Waals surface area contributed by atoms with E-state index in [0.717, 1.165) is 18.4 Å². The Morgan fingerprint density at radius 3 is 2.54 bits per heavy atom. The lowest BCUT2D eigenvalue weighted by Gasteiger charge is -2.45. The molecule has 5 rings (SSSR count). The monoisotopic (exact) mass is 342 g/mol. The van der Waals surface area contributed by atoms with Crippen molar-refractivity contribution in [3.8, 4) is 0 Å². The van der Waals surface area contributed by atoms with E-state index in [2.05, 4.69) is 6.07 Å². The first kappa shape index (κ1) is 15.4. The summed E-state index contributed by atoms with van der Waals surface area (Å²) >= 11 is 0. The van der Waals surface area contributed by atoms with Crippen LogP contribution in [-0.4, -0.2) is 25.2 Å². The Hall–Kier alpha value is -2.18. The molecule has 1 saturated heterocycles. The number of piperidine rings is 1. The quantitative estimate of drug-likeness (QED) is 0.930. The van der Waals surface area contributed by atoms with Gasteiger partial charge in [0.2, 0.25) is 15.9 Å². The molecule has 0 radical (unpaired) electrons. The number of benzene rings is 2. The van der Waals surface area contributed by atoms with E-state index < -0.39 is 15.9 Å². The van der Waals surface area contributed by atoms with Crippen LogP contribution in [0.2, 0.25) is 0 Å². The molecule has 0 spiro atoms. The number of nitrogens with two attached hydrogens (primary N) is 1. The minimum Gasteiger partial charge on any atom is -0.366 e. The van der Waals surface area contributed by atoms with Gasteiger partial charge in [0.1, 0.15) is 0 Å². The molecule has 1 aliphatic carbocycles. The summed E-state index contributed by atoms with van der Waals surface area (Å²) in [7, 11) is -3.67. The fourth-order valence-corrected chi connectivity index (χ4v) is 5.63. The Balaban J connectivity index is 1.77. The van der Waals surface area contributed by atoms with E-state index in [1.165, 1.54) is 23.8 Å². The molecular formula is C18H18N2O3S. The maximum Gasteiger partial charge on any atom is 0.248 e. The number of hydrogen-bond acceptors (Lipinski definition) is 3. The van der Waals surface area contributed by atoms with Gasteiger partial charge in [-0.15, -0.1) is 0 Å². The summed E-state index contributed by atoms with van der Waals surface area (Å²) in [4.78, 5) is 11.5. The Morgan fingerprint density at radius 2 is 1.79 bits per heavy atom. The highest BCUT2D eigenvalue weighted by Gasteiger charge is 2.43. The highest BCUT2D eigenvalue weighted by molar-refractivity contribution is 7.89. The van der Waals surface area contributed by atoms with E-state index in [4.69, 9.17) is 5.73 Å². The van der Waals surface area contributed by atoms with Crippen LogP contribution in [0.25, 0.3) is 0 Å². The molecule has 5 nitrogen and oxygen atoms in total. The van der Waals surface area contributed by atoms with Crippen molar-refractivity contribution in [1.29, 1.82) is 0 Å².